The second-order valence-corrected chi connectivity index (χ2v) is 12.7. The van der Waals surface area contributed by atoms with Gasteiger partial charge in [-0.05, 0) is 97.2 Å². The molecular formula is C27H48O2. The summed E-state index contributed by atoms with van der Waals surface area (Å²) in [5.74, 6) is 4.28. The van der Waals surface area contributed by atoms with Gasteiger partial charge in [0.1, 0.15) is 0 Å². The third-order valence-corrected chi connectivity index (χ3v) is 11.1. The summed E-state index contributed by atoms with van der Waals surface area (Å²) in [6, 6.07) is 0. The largest absolute Gasteiger partial charge is 0.368 e. The molecule has 3 saturated carbocycles. The summed E-state index contributed by atoms with van der Waals surface area (Å²) in [5, 5.41) is 10.1. The van der Waals surface area contributed by atoms with Gasteiger partial charge in [0.2, 0.25) is 0 Å². The van der Waals surface area contributed by atoms with Crippen LogP contribution < -0.4 is 0 Å². The molecule has 1 saturated heterocycles. The van der Waals surface area contributed by atoms with Crippen LogP contribution in [0.5, 0.6) is 0 Å². The van der Waals surface area contributed by atoms with E-state index in [1.54, 1.807) is 0 Å². The van der Waals surface area contributed by atoms with Crippen LogP contribution in [-0.2, 0) is 4.74 Å². The Morgan fingerprint density at radius 3 is 2.28 bits per heavy atom. The average Bonchev–Trinajstić information content (AvgIpc) is 2.93. The summed E-state index contributed by atoms with van der Waals surface area (Å²) in [4.78, 5) is 0. The quantitative estimate of drug-likeness (QED) is 0.525. The van der Waals surface area contributed by atoms with Crippen LogP contribution in [-0.4, -0.2) is 17.5 Å². The van der Waals surface area contributed by atoms with Crippen molar-refractivity contribution in [1.29, 1.82) is 0 Å². The Morgan fingerprint density at radius 1 is 0.828 bits per heavy atom. The Labute approximate surface area is 180 Å². The van der Waals surface area contributed by atoms with Gasteiger partial charge in [0.25, 0.3) is 0 Å². The molecule has 2 nitrogen and oxygen atoms in total. The van der Waals surface area contributed by atoms with Crippen LogP contribution in [0.15, 0.2) is 0 Å². The summed E-state index contributed by atoms with van der Waals surface area (Å²) < 4.78 is 6.09. The van der Waals surface area contributed by atoms with Gasteiger partial charge in [0.05, 0.1) is 6.10 Å². The fourth-order valence-corrected chi connectivity index (χ4v) is 9.10. The molecule has 168 valence electrons. The number of fused-ring (bicyclic) bond motifs is 5. The number of rotatable bonds is 5. The van der Waals surface area contributed by atoms with Crippen LogP contribution >= 0.6 is 0 Å². The van der Waals surface area contributed by atoms with Gasteiger partial charge in [-0.25, -0.2) is 0 Å². The van der Waals surface area contributed by atoms with E-state index in [0.29, 0.717) is 10.8 Å². The minimum atomic E-state index is -0.517. The van der Waals surface area contributed by atoms with Gasteiger partial charge in [0, 0.05) is 0 Å². The van der Waals surface area contributed by atoms with E-state index in [1.165, 1.54) is 51.4 Å². The molecule has 9 atom stereocenters. The predicted molar refractivity (Wildman–Crippen MR) is 120 cm³/mol. The molecule has 4 aliphatic rings. The molecule has 0 spiro atoms. The fourth-order valence-electron chi connectivity index (χ4n) is 9.10. The van der Waals surface area contributed by atoms with Crippen molar-refractivity contribution in [3.05, 3.63) is 0 Å². The smallest absolute Gasteiger partial charge is 0.154 e. The van der Waals surface area contributed by atoms with Gasteiger partial charge >= 0.3 is 0 Å². The predicted octanol–water partition coefficient (Wildman–Crippen LogP) is 7.20. The van der Waals surface area contributed by atoms with Crippen molar-refractivity contribution in [3.63, 3.8) is 0 Å². The highest BCUT2D eigenvalue weighted by Gasteiger charge is 2.66. The molecule has 0 aromatic rings. The molecule has 0 bridgehead atoms. The lowest BCUT2D eigenvalue weighted by Crippen LogP contribution is -2.60. The first-order chi connectivity index (χ1) is 13.6. The summed E-state index contributed by atoms with van der Waals surface area (Å²) in [6.07, 6.45) is 14.2. The first-order valence-corrected chi connectivity index (χ1v) is 13.0. The number of ether oxygens (including phenoxy) is 1. The third kappa shape index (κ3) is 3.43. The van der Waals surface area contributed by atoms with E-state index >= 15 is 0 Å². The van der Waals surface area contributed by atoms with Crippen LogP contribution in [0.1, 0.15) is 112 Å². The van der Waals surface area contributed by atoms with Crippen LogP contribution in [0.4, 0.5) is 0 Å². The van der Waals surface area contributed by atoms with Gasteiger partial charge in [-0.1, -0.05) is 60.8 Å². The highest BCUT2D eigenvalue weighted by Crippen LogP contribution is 2.72. The van der Waals surface area contributed by atoms with Crippen molar-refractivity contribution in [2.45, 2.75) is 125 Å². The molecule has 0 radical (unpaired) electrons. The Balaban J connectivity index is 1.52. The van der Waals surface area contributed by atoms with E-state index < -0.39 is 6.29 Å². The monoisotopic (exact) mass is 404 g/mol. The third-order valence-electron chi connectivity index (χ3n) is 11.1. The molecule has 4 fully saturated rings. The normalized spacial score (nSPS) is 50.7. The maximum absolute atomic E-state index is 10.1. The molecule has 3 aliphatic carbocycles. The number of aliphatic hydroxyl groups excluding tert-OH is 1. The molecule has 29 heavy (non-hydrogen) atoms. The molecule has 0 aromatic carbocycles. The van der Waals surface area contributed by atoms with E-state index in [-0.39, 0.29) is 11.5 Å². The minimum Gasteiger partial charge on any atom is -0.368 e. The van der Waals surface area contributed by atoms with Gasteiger partial charge in [0.15, 0.2) is 6.29 Å². The Hall–Kier alpha value is -0.0800. The van der Waals surface area contributed by atoms with Crippen LogP contribution in [0.25, 0.3) is 0 Å². The lowest BCUT2D eigenvalue weighted by Gasteiger charge is -2.64. The number of hydrogen-bond acceptors (Lipinski definition) is 2. The van der Waals surface area contributed by atoms with Crippen molar-refractivity contribution in [2.75, 3.05) is 0 Å². The highest BCUT2D eigenvalue weighted by atomic mass is 16.6. The molecular weight excluding hydrogens is 356 g/mol. The zero-order valence-electron chi connectivity index (χ0n) is 20.2. The minimum absolute atomic E-state index is 0.285. The highest BCUT2D eigenvalue weighted by molar-refractivity contribution is 5.14. The van der Waals surface area contributed by atoms with E-state index in [4.69, 9.17) is 4.74 Å². The first-order valence-electron chi connectivity index (χ1n) is 13.0. The van der Waals surface area contributed by atoms with Gasteiger partial charge < -0.3 is 9.84 Å². The second-order valence-electron chi connectivity index (χ2n) is 12.7. The van der Waals surface area contributed by atoms with Crippen LogP contribution in [0, 0.1) is 45.8 Å². The fraction of sp³-hybridized carbons (Fsp3) is 1.00. The maximum atomic E-state index is 10.1. The summed E-state index contributed by atoms with van der Waals surface area (Å²) in [6.45, 7) is 15.2. The Bertz CT molecular complexity index is 587. The molecule has 1 aliphatic heterocycles. The second kappa shape index (κ2) is 7.80. The maximum Gasteiger partial charge on any atom is 0.154 e. The molecule has 0 aromatic heterocycles. The van der Waals surface area contributed by atoms with Gasteiger partial charge in [-0.2, -0.15) is 0 Å². The van der Waals surface area contributed by atoms with E-state index in [2.05, 4.69) is 41.5 Å². The number of hydrogen-bond donors (Lipinski definition) is 1. The molecule has 0 amide bonds. The zero-order valence-corrected chi connectivity index (χ0v) is 20.2. The number of aliphatic hydroxyl groups is 1. The van der Waals surface area contributed by atoms with Crippen molar-refractivity contribution < 1.29 is 9.84 Å². The summed E-state index contributed by atoms with van der Waals surface area (Å²) in [7, 11) is 0. The molecule has 1 heterocycles. The molecule has 2 heteroatoms. The van der Waals surface area contributed by atoms with Crippen molar-refractivity contribution in [1.82, 2.24) is 0 Å². The standard InChI is InChI=1S/C27H48O2/c1-18(2)8-7-9-19(3)20-12-16-27(6)22-10-11-23-25(4,15-14-24(28)29-23)21(22)13-17-26(20,27)5/h18-24,28H,7-17H2,1-6H3. The van der Waals surface area contributed by atoms with Crippen LogP contribution in [0.3, 0.4) is 0 Å². The Morgan fingerprint density at radius 2 is 1.55 bits per heavy atom. The molecule has 4 rings (SSSR count). The Kier molecular flexibility index (Phi) is 5.95. The first kappa shape index (κ1) is 22.1. The lowest BCUT2D eigenvalue weighted by atomic mass is 9.42. The topological polar surface area (TPSA) is 29.5 Å². The van der Waals surface area contributed by atoms with E-state index in [9.17, 15) is 5.11 Å². The van der Waals surface area contributed by atoms with Crippen molar-refractivity contribution in [3.8, 4) is 0 Å². The van der Waals surface area contributed by atoms with E-state index in [1.807, 2.05) is 0 Å². The lowest BCUT2D eigenvalue weighted by molar-refractivity contribution is -0.257. The van der Waals surface area contributed by atoms with Gasteiger partial charge in [-0.3, -0.25) is 0 Å². The average molecular weight is 405 g/mol. The summed E-state index contributed by atoms with van der Waals surface area (Å²) in [5.41, 5.74) is 1.30. The van der Waals surface area contributed by atoms with Crippen molar-refractivity contribution >= 4 is 0 Å². The van der Waals surface area contributed by atoms with Crippen LogP contribution in [0.2, 0.25) is 0 Å². The summed E-state index contributed by atoms with van der Waals surface area (Å²) >= 11 is 0. The SMILES string of the molecule is CC(C)CCCC(C)C1CCC2(C)C3CCC4OC(O)CCC4(C)C3CCC12C. The molecule has 1 N–H and O–H groups in total. The zero-order chi connectivity index (χ0) is 21.0. The van der Waals surface area contributed by atoms with Gasteiger partial charge in [-0.15, -0.1) is 0 Å². The molecule has 9 unspecified atom stereocenters. The van der Waals surface area contributed by atoms with E-state index in [0.717, 1.165) is 48.9 Å². The van der Waals surface area contributed by atoms with Crippen molar-refractivity contribution in [2.24, 2.45) is 45.8 Å².